The molecule has 0 heterocycles. The molecule has 6 heavy (non-hydrogen) atoms. The predicted molar refractivity (Wildman–Crippen MR) is 10.5 cm³/mol. The van der Waals surface area contributed by atoms with Gasteiger partial charge in [-0.2, -0.15) is 0 Å². The van der Waals surface area contributed by atoms with Crippen molar-refractivity contribution in [1.29, 1.82) is 0 Å². The maximum Gasteiger partial charge on any atom is 0.0311 e. The summed E-state index contributed by atoms with van der Waals surface area (Å²) in [5, 5.41) is 0. The van der Waals surface area contributed by atoms with Crippen LogP contribution in [0.5, 0.6) is 0 Å². The van der Waals surface area contributed by atoms with Crippen LogP contribution in [0, 0.1) is 0 Å². The van der Waals surface area contributed by atoms with Crippen molar-refractivity contribution in [2.24, 2.45) is 0 Å². The fraction of sp³-hybridized carbons (Fsp3) is 0. The molecule has 0 bridgehead atoms. The Morgan fingerprint density at radius 2 is 1.17 bits per heavy atom. The van der Waals surface area contributed by atoms with Gasteiger partial charge >= 0.3 is 0 Å². The van der Waals surface area contributed by atoms with Crippen LogP contribution >= 0.6 is 0 Å². The number of hydrogen-bond donors (Lipinski definition) is 0. The second-order valence-electron chi connectivity index (χ2n) is 0.408. The topological polar surface area (TPSA) is 80.3 Å². The average molecular weight is 147 g/mol. The van der Waals surface area contributed by atoms with Crippen molar-refractivity contribution < 1.29 is 36.1 Å². The Balaban J connectivity index is 0. The maximum atomic E-state index is 8.52. The molecule has 37 valence electrons. The van der Waals surface area contributed by atoms with Gasteiger partial charge in [0.1, 0.15) is 0 Å². The molecule has 0 aromatic carbocycles. The molecule has 0 saturated carbocycles. The van der Waals surface area contributed by atoms with Crippen LogP contribution in [0.4, 0.5) is 0 Å². The van der Waals surface area contributed by atoms with E-state index in [1.807, 2.05) is 0 Å². The van der Waals surface area contributed by atoms with Crippen molar-refractivity contribution in [3.63, 3.8) is 0 Å². The van der Waals surface area contributed by atoms with Crippen LogP contribution < -0.4 is 0 Å². The zero-order valence-corrected chi connectivity index (χ0v) is 4.70. The molecule has 0 unspecified atom stereocenters. The van der Waals surface area contributed by atoms with Gasteiger partial charge in [0.15, 0.2) is 0 Å². The van der Waals surface area contributed by atoms with Gasteiger partial charge in [-0.05, 0) is 0 Å². The molecule has 0 fully saturated rings. The van der Waals surface area contributed by atoms with Gasteiger partial charge < -0.3 is 9.11 Å². The summed E-state index contributed by atoms with van der Waals surface area (Å²) >= 11 is 0. The largest absolute Gasteiger partial charge is 0.759 e. The van der Waals surface area contributed by atoms with E-state index in [-0.39, 0.29) is 18.6 Å². The Hall–Kier alpha value is 0.454. The second kappa shape index (κ2) is 2.60. The van der Waals surface area contributed by atoms with Crippen molar-refractivity contribution in [3.8, 4) is 0 Å². The molecule has 0 aromatic heterocycles. The number of rotatable bonds is 0. The third kappa shape index (κ3) is 257. The van der Waals surface area contributed by atoms with E-state index in [1.165, 1.54) is 0 Å². The van der Waals surface area contributed by atoms with Crippen LogP contribution in [-0.2, 0) is 29.0 Å². The molecule has 0 aliphatic rings. The SMILES string of the molecule is O=S(=O)([O-])[O-].[V]. The minimum atomic E-state index is -5.17. The van der Waals surface area contributed by atoms with E-state index >= 15 is 0 Å². The molecule has 0 atom stereocenters. The molecule has 4 nitrogen and oxygen atoms in total. The monoisotopic (exact) mass is 147 g/mol. The van der Waals surface area contributed by atoms with E-state index in [9.17, 15) is 0 Å². The molecule has 1 radical (unpaired) electrons. The summed E-state index contributed by atoms with van der Waals surface area (Å²) in [6, 6.07) is 0. The quantitative estimate of drug-likeness (QED) is 0.313. The first-order valence-electron chi connectivity index (χ1n) is 0.667. The van der Waals surface area contributed by atoms with Crippen LogP contribution in [0.25, 0.3) is 0 Å². The van der Waals surface area contributed by atoms with Gasteiger partial charge in [-0.1, -0.05) is 0 Å². The summed E-state index contributed by atoms with van der Waals surface area (Å²) in [5.41, 5.74) is 0. The Kier molecular flexibility index (Phi) is 4.19. The summed E-state index contributed by atoms with van der Waals surface area (Å²) < 4.78 is 34.1. The Bertz CT molecular complexity index is 90.7. The smallest absolute Gasteiger partial charge is 0.0311 e. The van der Waals surface area contributed by atoms with Crippen LogP contribution in [0.15, 0.2) is 0 Å². The van der Waals surface area contributed by atoms with Crippen molar-refractivity contribution in [2.45, 2.75) is 0 Å². The van der Waals surface area contributed by atoms with E-state index in [4.69, 9.17) is 17.5 Å². The third-order valence-electron chi connectivity index (χ3n) is 0. The van der Waals surface area contributed by atoms with E-state index in [0.29, 0.717) is 0 Å². The van der Waals surface area contributed by atoms with Gasteiger partial charge in [-0.15, -0.1) is 0 Å². The summed E-state index contributed by atoms with van der Waals surface area (Å²) in [5.74, 6) is 0. The Morgan fingerprint density at radius 3 is 1.17 bits per heavy atom. The van der Waals surface area contributed by atoms with Gasteiger partial charge in [0.2, 0.25) is 0 Å². The normalized spacial score (nSPS) is 9.67. The van der Waals surface area contributed by atoms with Gasteiger partial charge in [-0.25, -0.2) is 0 Å². The van der Waals surface area contributed by atoms with Crippen molar-refractivity contribution in [3.05, 3.63) is 0 Å². The van der Waals surface area contributed by atoms with Gasteiger partial charge in [-0.3, -0.25) is 8.42 Å². The fourth-order valence-corrected chi connectivity index (χ4v) is 0. The molecule has 0 rings (SSSR count). The van der Waals surface area contributed by atoms with E-state index < -0.39 is 10.4 Å². The van der Waals surface area contributed by atoms with Crippen molar-refractivity contribution in [1.82, 2.24) is 0 Å². The standard InChI is InChI=1S/H2O4S.V/c1-5(2,3)4;/h(H2,1,2,3,4);/p-2. The Morgan fingerprint density at radius 1 is 1.17 bits per heavy atom. The van der Waals surface area contributed by atoms with Gasteiger partial charge in [0.05, 0.1) is 0 Å². The number of hydrogen-bond acceptors (Lipinski definition) is 4. The van der Waals surface area contributed by atoms with Crippen LogP contribution in [0.2, 0.25) is 0 Å². The van der Waals surface area contributed by atoms with Crippen LogP contribution in [-0.4, -0.2) is 17.5 Å². The third-order valence-corrected chi connectivity index (χ3v) is 0. The molecule has 0 spiro atoms. The van der Waals surface area contributed by atoms with Crippen molar-refractivity contribution in [2.75, 3.05) is 0 Å². The minimum absolute atomic E-state index is 0. The first-order chi connectivity index (χ1) is 2.00. The van der Waals surface area contributed by atoms with Gasteiger partial charge in [0, 0.05) is 29.0 Å². The Labute approximate surface area is 47.0 Å². The van der Waals surface area contributed by atoms with Crippen LogP contribution in [0.1, 0.15) is 0 Å². The molecular weight excluding hydrogens is 147 g/mol. The zero-order valence-electron chi connectivity index (χ0n) is 2.49. The van der Waals surface area contributed by atoms with E-state index in [1.54, 1.807) is 0 Å². The van der Waals surface area contributed by atoms with Crippen LogP contribution in [0.3, 0.4) is 0 Å². The maximum absolute atomic E-state index is 8.52. The minimum Gasteiger partial charge on any atom is -0.759 e. The molecule has 0 aliphatic heterocycles. The summed E-state index contributed by atoms with van der Waals surface area (Å²) in [6.07, 6.45) is 0. The molecule has 0 saturated heterocycles. The zero-order chi connectivity index (χ0) is 4.50. The van der Waals surface area contributed by atoms with Crippen molar-refractivity contribution >= 4 is 10.4 Å². The molecule has 0 aliphatic carbocycles. The summed E-state index contributed by atoms with van der Waals surface area (Å²) in [6.45, 7) is 0. The second-order valence-corrected chi connectivity index (χ2v) is 1.22. The van der Waals surface area contributed by atoms with Gasteiger partial charge in [0.25, 0.3) is 0 Å². The summed E-state index contributed by atoms with van der Waals surface area (Å²) in [7, 11) is -5.17. The predicted octanol–water partition coefficient (Wildman–Crippen LogP) is -1.34. The molecule has 0 aromatic rings. The molecule has 6 heteroatoms. The molecule has 0 amide bonds. The summed E-state index contributed by atoms with van der Waals surface area (Å²) in [4.78, 5) is 0. The fourth-order valence-electron chi connectivity index (χ4n) is 0. The first-order valence-corrected chi connectivity index (χ1v) is 2.00. The molecular formula is O4SV-2. The average Bonchev–Trinajstić information content (AvgIpc) is 0.722. The van der Waals surface area contributed by atoms with E-state index in [0.717, 1.165) is 0 Å². The molecule has 0 N–H and O–H groups in total. The first kappa shape index (κ1) is 9.68. The van der Waals surface area contributed by atoms with E-state index in [2.05, 4.69) is 0 Å².